The summed E-state index contributed by atoms with van der Waals surface area (Å²) in [6, 6.07) is 8.06. The zero-order valence-corrected chi connectivity index (χ0v) is 10.8. The monoisotopic (exact) mass is 231 g/mol. The van der Waals surface area contributed by atoms with E-state index >= 15 is 0 Å². The lowest BCUT2D eigenvalue weighted by Crippen LogP contribution is -2.12. The van der Waals surface area contributed by atoms with Gasteiger partial charge in [-0.1, -0.05) is 45.2 Å². The molecule has 3 nitrogen and oxygen atoms in total. The largest absolute Gasteiger partial charge is 0.183 e. The van der Waals surface area contributed by atoms with Gasteiger partial charge in [-0.2, -0.15) is 15.0 Å². The van der Waals surface area contributed by atoms with Gasteiger partial charge in [-0.25, -0.2) is 0 Å². The predicted molar refractivity (Wildman–Crippen MR) is 70.8 cm³/mol. The molecule has 2 rings (SSSR count). The molecule has 92 valence electrons. The van der Waals surface area contributed by atoms with E-state index in [4.69, 9.17) is 0 Å². The van der Waals surface area contributed by atoms with Crippen LogP contribution in [-0.4, -0.2) is 15.0 Å². The third kappa shape index (κ3) is 3.05. The highest BCUT2D eigenvalue weighted by atomic mass is 15.5. The molecule has 17 heavy (non-hydrogen) atoms. The van der Waals surface area contributed by atoms with Crippen LogP contribution < -0.4 is 0 Å². The molecular formula is C14H21N3. The van der Waals surface area contributed by atoms with Gasteiger partial charge in [0, 0.05) is 0 Å². The van der Waals surface area contributed by atoms with Crippen LogP contribution in [0.4, 0.5) is 0 Å². The maximum absolute atomic E-state index is 4.51. The van der Waals surface area contributed by atoms with Gasteiger partial charge in [-0.15, -0.1) is 0 Å². The van der Waals surface area contributed by atoms with Crippen LogP contribution in [0.3, 0.4) is 0 Å². The number of unbranched alkanes of at least 4 members (excludes halogenated alkanes) is 1. The van der Waals surface area contributed by atoms with Gasteiger partial charge in [-0.3, -0.25) is 0 Å². The smallest absolute Gasteiger partial charge is 0.113 e. The minimum absolute atomic E-state index is 0.705. The first-order valence-corrected chi connectivity index (χ1v) is 6.63. The fraction of sp³-hybridized carbons (Fsp3) is 0.571. The Hall–Kier alpha value is -1.38. The number of hydrogen-bond donors (Lipinski definition) is 0. The Bertz CT molecular complexity index is 428. The highest BCUT2D eigenvalue weighted by molar-refractivity contribution is 5.72. The molecule has 1 atom stereocenters. The number of rotatable bonds is 6. The molecule has 0 saturated carbocycles. The van der Waals surface area contributed by atoms with Crippen LogP contribution in [0.25, 0.3) is 11.0 Å². The molecule has 1 heterocycles. The van der Waals surface area contributed by atoms with E-state index in [1.165, 1.54) is 25.7 Å². The summed E-state index contributed by atoms with van der Waals surface area (Å²) in [6.07, 6.45) is 5.06. The summed E-state index contributed by atoms with van der Waals surface area (Å²) in [5, 5.41) is 9.03. The SMILES string of the molecule is CCCCC(CC)Cn1nc2ccccc2n1. The third-order valence-corrected chi connectivity index (χ3v) is 3.29. The number of aromatic nitrogens is 3. The van der Waals surface area contributed by atoms with Crippen LogP contribution in [-0.2, 0) is 6.54 Å². The zero-order chi connectivity index (χ0) is 12.1. The van der Waals surface area contributed by atoms with Crippen LogP contribution in [0, 0.1) is 5.92 Å². The molecular weight excluding hydrogens is 210 g/mol. The van der Waals surface area contributed by atoms with Gasteiger partial charge in [0.05, 0.1) is 6.54 Å². The lowest BCUT2D eigenvalue weighted by Gasteiger charge is -2.12. The summed E-state index contributed by atoms with van der Waals surface area (Å²) in [4.78, 5) is 1.87. The second kappa shape index (κ2) is 5.80. The standard InChI is InChI=1S/C14H21N3/c1-3-5-8-12(4-2)11-17-15-13-9-6-7-10-14(13)16-17/h6-7,9-10,12H,3-5,8,11H2,1-2H3. The highest BCUT2D eigenvalue weighted by Gasteiger charge is 2.09. The molecule has 0 radical (unpaired) electrons. The summed E-state index contributed by atoms with van der Waals surface area (Å²) in [7, 11) is 0. The average Bonchev–Trinajstić information content (AvgIpc) is 2.76. The van der Waals surface area contributed by atoms with Gasteiger partial charge >= 0.3 is 0 Å². The summed E-state index contributed by atoms with van der Waals surface area (Å²) >= 11 is 0. The van der Waals surface area contributed by atoms with Crippen LogP contribution in [0.2, 0.25) is 0 Å². The van der Waals surface area contributed by atoms with Crippen molar-refractivity contribution in [3.05, 3.63) is 24.3 Å². The fourth-order valence-electron chi connectivity index (χ4n) is 2.13. The van der Waals surface area contributed by atoms with Gasteiger partial charge in [0.25, 0.3) is 0 Å². The molecule has 0 aliphatic carbocycles. The van der Waals surface area contributed by atoms with Crippen molar-refractivity contribution < 1.29 is 0 Å². The number of fused-ring (bicyclic) bond motifs is 1. The maximum Gasteiger partial charge on any atom is 0.113 e. The summed E-state index contributed by atoms with van der Waals surface area (Å²) < 4.78 is 0. The quantitative estimate of drug-likeness (QED) is 0.759. The third-order valence-electron chi connectivity index (χ3n) is 3.29. The minimum Gasteiger partial charge on any atom is -0.183 e. The molecule has 0 bridgehead atoms. The van der Waals surface area contributed by atoms with Crippen molar-refractivity contribution in [3.63, 3.8) is 0 Å². The van der Waals surface area contributed by atoms with Crippen molar-refractivity contribution in [2.75, 3.05) is 0 Å². The van der Waals surface area contributed by atoms with Crippen molar-refractivity contribution in [1.29, 1.82) is 0 Å². The summed E-state index contributed by atoms with van der Waals surface area (Å²) in [5.41, 5.74) is 2.00. The molecule has 3 heteroatoms. The lowest BCUT2D eigenvalue weighted by atomic mass is 10.00. The molecule has 0 aliphatic heterocycles. The fourth-order valence-corrected chi connectivity index (χ4v) is 2.13. The molecule has 1 aromatic carbocycles. The topological polar surface area (TPSA) is 30.7 Å². The van der Waals surface area contributed by atoms with Crippen LogP contribution in [0.1, 0.15) is 39.5 Å². The average molecular weight is 231 g/mol. The van der Waals surface area contributed by atoms with E-state index in [0.717, 1.165) is 17.6 Å². The molecule has 0 spiro atoms. The van der Waals surface area contributed by atoms with Crippen molar-refractivity contribution in [3.8, 4) is 0 Å². The first-order chi connectivity index (χ1) is 8.33. The van der Waals surface area contributed by atoms with Crippen LogP contribution in [0.15, 0.2) is 24.3 Å². The van der Waals surface area contributed by atoms with E-state index in [1.807, 2.05) is 29.1 Å². The van der Waals surface area contributed by atoms with E-state index in [-0.39, 0.29) is 0 Å². The second-order valence-corrected chi connectivity index (χ2v) is 4.66. The van der Waals surface area contributed by atoms with E-state index in [9.17, 15) is 0 Å². The van der Waals surface area contributed by atoms with Gasteiger partial charge in [0.2, 0.25) is 0 Å². The van der Waals surface area contributed by atoms with Crippen molar-refractivity contribution in [2.24, 2.45) is 5.92 Å². The first-order valence-electron chi connectivity index (χ1n) is 6.63. The maximum atomic E-state index is 4.51. The van der Waals surface area contributed by atoms with E-state index < -0.39 is 0 Å². The molecule has 1 aromatic heterocycles. The zero-order valence-electron chi connectivity index (χ0n) is 10.8. The molecule has 2 aromatic rings. The Morgan fingerprint density at radius 2 is 1.76 bits per heavy atom. The number of hydrogen-bond acceptors (Lipinski definition) is 2. The summed E-state index contributed by atoms with van der Waals surface area (Å²) in [6.45, 7) is 5.45. The minimum atomic E-state index is 0.705. The van der Waals surface area contributed by atoms with E-state index in [1.54, 1.807) is 0 Å². The first kappa shape index (κ1) is 12.1. The van der Waals surface area contributed by atoms with Crippen LogP contribution >= 0.6 is 0 Å². The van der Waals surface area contributed by atoms with Crippen LogP contribution in [0.5, 0.6) is 0 Å². The van der Waals surface area contributed by atoms with Gasteiger partial charge in [0.15, 0.2) is 0 Å². The van der Waals surface area contributed by atoms with E-state index in [0.29, 0.717) is 5.92 Å². The van der Waals surface area contributed by atoms with Crippen molar-refractivity contribution in [2.45, 2.75) is 46.1 Å². The number of benzene rings is 1. The van der Waals surface area contributed by atoms with Crippen molar-refractivity contribution in [1.82, 2.24) is 15.0 Å². The highest BCUT2D eigenvalue weighted by Crippen LogP contribution is 2.15. The Morgan fingerprint density at radius 1 is 1.12 bits per heavy atom. The van der Waals surface area contributed by atoms with Gasteiger partial charge < -0.3 is 0 Å². The molecule has 0 fully saturated rings. The van der Waals surface area contributed by atoms with Crippen molar-refractivity contribution >= 4 is 11.0 Å². The van der Waals surface area contributed by atoms with Gasteiger partial charge in [0.1, 0.15) is 11.0 Å². The Kier molecular flexibility index (Phi) is 4.13. The summed E-state index contributed by atoms with van der Waals surface area (Å²) in [5.74, 6) is 0.705. The van der Waals surface area contributed by atoms with E-state index in [2.05, 4.69) is 24.0 Å². The Labute approximate surface area is 103 Å². The molecule has 1 unspecified atom stereocenters. The molecule has 0 N–H and O–H groups in total. The molecule has 0 saturated heterocycles. The number of nitrogens with zero attached hydrogens (tertiary/aromatic N) is 3. The second-order valence-electron chi connectivity index (χ2n) is 4.66. The van der Waals surface area contributed by atoms with Gasteiger partial charge in [-0.05, 0) is 24.5 Å². The predicted octanol–water partition coefficient (Wildman–Crippen LogP) is 3.65. The lowest BCUT2D eigenvalue weighted by molar-refractivity contribution is 0.351. The normalized spacial score (nSPS) is 13.1. The molecule has 0 amide bonds. The Morgan fingerprint density at radius 3 is 2.29 bits per heavy atom. The molecule has 0 aliphatic rings. The Balaban J connectivity index is 2.06.